The molecule has 0 atom stereocenters. The first-order chi connectivity index (χ1) is 9.56. The number of carbonyl (C=O) groups is 2. The third kappa shape index (κ3) is 12.3. The van der Waals surface area contributed by atoms with Gasteiger partial charge in [-0.3, -0.25) is 9.59 Å². The Morgan fingerprint density at radius 1 is 1.05 bits per heavy atom. The average molecular weight is 302 g/mol. The number of hydrogen-bond donors (Lipinski definition) is 4. The molecule has 0 saturated carbocycles. The second-order valence-electron chi connectivity index (χ2n) is 6.23. The average Bonchev–Trinajstić information content (AvgIpc) is 2.35. The minimum Gasteiger partial charge on any atom is -0.356 e. The minimum atomic E-state index is -0.838. The molecule has 0 spiro atoms. The Balaban J connectivity index is 3.68. The lowest BCUT2D eigenvalue weighted by Gasteiger charge is -2.23. The van der Waals surface area contributed by atoms with Gasteiger partial charge in [-0.1, -0.05) is 0 Å². The SMILES string of the molecule is CNC(C)(C)CCNC(=O)CCNC(=O)COC(C)(C)N. The van der Waals surface area contributed by atoms with Crippen molar-refractivity contribution in [3.63, 3.8) is 0 Å². The van der Waals surface area contributed by atoms with Crippen LogP contribution >= 0.6 is 0 Å². The summed E-state index contributed by atoms with van der Waals surface area (Å²) in [5.74, 6) is -0.361. The normalized spacial score (nSPS) is 12.1. The van der Waals surface area contributed by atoms with Crippen LogP contribution in [0.25, 0.3) is 0 Å². The number of nitrogens with one attached hydrogen (secondary N) is 3. The number of hydrogen-bond acceptors (Lipinski definition) is 5. The zero-order valence-electron chi connectivity index (χ0n) is 13.8. The van der Waals surface area contributed by atoms with Gasteiger partial charge in [-0.25, -0.2) is 0 Å². The van der Waals surface area contributed by atoms with Crippen LogP contribution in [0.2, 0.25) is 0 Å². The molecular formula is C14H30N4O3. The van der Waals surface area contributed by atoms with Gasteiger partial charge < -0.3 is 26.4 Å². The second kappa shape index (κ2) is 8.96. The van der Waals surface area contributed by atoms with Crippen LogP contribution in [-0.4, -0.2) is 49.8 Å². The molecule has 0 fully saturated rings. The number of rotatable bonds is 10. The van der Waals surface area contributed by atoms with E-state index in [2.05, 4.69) is 29.8 Å². The van der Waals surface area contributed by atoms with Crippen LogP contribution < -0.4 is 21.7 Å². The van der Waals surface area contributed by atoms with Gasteiger partial charge >= 0.3 is 0 Å². The van der Waals surface area contributed by atoms with Gasteiger partial charge in [0, 0.05) is 25.0 Å². The van der Waals surface area contributed by atoms with E-state index in [-0.39, 0.29) is 36.9 Å². The molecule has 0 aromatic carbocycles. The zero-order chi connectivity index (χ0) is 16.5. The lowest BCUT2D eigenvalue weighted by molar-refractivity contribution is -0.131. The van der Waals surface area contributed by atoms with Crippen molar-refractivity contribution in [2.24, 2.45) is 5.73 Å². The van der Waals surface area contributed by atoms with Crippen molar-refractivity contribution < 1.29 is 14.3 Å². The van der Waals surface area contributed by atoms with Crippen molar-refractivity contribution in [2.45, 2.75) is 51.8 Å². The molecule has 21 heavy (non-hydrogen) atoms. The molecule has 0 aliphatic heterocycles. The summed E-state index contributed by atoms with van der Waals surface area (Å²) in [5, 5.41) is 8.60. The Kier molecular flexibility index (Phi) is 8.46. The van der Waals surface area contributed by atoms with E-state index in [9.17, 15) is 9.59 Å². The highest BCUT2D eigenvalue weighted by atomic mass is 16.5. The first kappa shape index (κ1) is 19.8. The van der Waals surface area contributed by atoms with Crippen molar-refractivity contribution in [3.05, 3.63) is 0 Å². The molecule has 0 heterocycles. The fourth-order valence-corrected chi connectivity index (χ4v) is 1.35. The van der Waals surface area contributed by atoms with Crippen LogP contribution in [0.15, 0.2) is 0 Å². The summed E-state index contributed by atoms with van der Waals surface area (Å²) in [5.41, 5.74) is 4.75. The number of carbonyl (C=O) groups excluding carboxylic acids is 2. The van der Waals surface area contributed by atoms with Crippen molar-refractivity contribution in [2.75, 3.05) is 26.7 Å². The fourth-order valence-electron chi connectivity index (χ4n) is 1.35. The quantitative estimate of drug-likeness (QED) is 0.415. The van der Waals surface area contributed by atoms with Gasteiger partial charge in [0.25, 0.3) is 0 Å². The summed E-state index contributed by atoms with van der Waals surface area (Å²) < 4.78 is 5.12. The Hall–Kier alpha value is -1.18. The topological polar surface area (TPSA) is 105 Å². The van der Waals surface area contributed by atoms with Crippen LogP contribution in [0, 0.1) is 0 Å². The number of amides is 2. The Morgan fingerprint density at radius 3 is 2.14 bits per heavy atom. The maximum absolute atomic E-state index is 11.6. The molecule has 0 aliphatic rings. The predicted octanol–water partition coefficient (Wildman–Crippen LogP) is -0.292. The van der Waals surface area contributed by atoms with Gasteiger partial charge in [0.2, 0.25) is 11.8 Å². The van der Waals surface area contributed by atoms with Crippen LogP contribution in [-0.2, 0) is 14.3 Å². The van der Waals surface area contributed by atoms with Crippen LogP contribution in [0.3, 0.4) is 0 Å². The van der Waals surface area contributed by atoms with E-state index in [0.29, 0.717) is 6.54 Å². The van der Waals surface area contributed by atoms with Gasteiger partial charge in [0.05, 0.1) is 0 Å². The summed E-state index contributed by atoms with van der Waals surface area (Å²) in [7, 11) is 1.89. The largest absolute Gasteiger partial charge is 0.356 e. The molecule has 5 N–H and O–H groups in total. The van der Waals surface area contributed by atoms with Crippen molar-refractivity contribution in [1.82, 2.24) is 16.0 Å². The summed E-state index contributed by atoms with van der Waals surface area (Å²) in [6.45, 7) is 8.25. The van der Waals surface area contributed by atoms with E-state index in [1.165, 1.54) is 0 Å². The maximum Gasteiger partial charge on any atom is 0.246 e. The molecule has 0 aromatic heterocycles. The lowest BCUT2D eigenvalue weighted by atomic mass is 10.0. The smallest absolute Gasteiger partial charge is 0.246 e. The molecule has 0 saturated heterocycles. The number of nitrogens with two attached hydrogens (primary N) is 1. The Morgan fingerprint density at radius 2 is 1.62 bits per heavy atom. The minimum absolute atomic E-state index is 0.00609. The van der Waals surface area contributed by atoms with Gasteiger partial charge in [0.15, 0.2) is 0 Å². The van der Waals surface area contributed by atoms with Crippen molar-refractivity contribution in [3.8, 4) is 0 Å². The van der Waals surface area contributed by atoms with Gasteiger partial charge in [0.1, 0.15) is 12.3 Å². The van der Waals surface area contributed by atoms with E-state index in [1.807, 2.05) is 7.05 Å². The predicted molar refractivity (Wildman–Crippen MR) is 82.6 cm³/mol. The molecular weight excluding hydrogens is 272 g/mol. The fraction of sp³-hybridized carbons (Fsp3) is 0.857. The molecule has 0 bridgehead atoms. The summed E-state index contributed by atoms with van der Waals surface area (Å²) in [4.78, 5) is 23.0. The second-order valence-corrected chi connectivity index (χ2v) is 6.23. The molecule has 0 aliphatic carbocycles. The molecule has 7 nitrogen and oxygen atoms in total. The van der Waals surface area contributed by atoms with E-state index >= 15 is 0 Å². The van der Waals surface area contributed by atoms with Crippen molar-refractivity contribution in [1.29, 1.82) is 0 Å². The third-order valence-corrected chi connectivity index (χ3v) is 3.00. The number of ether oxygens (including phenoxy) is 1. The third-order valence-electron chi connectivity index (χ3n) is 3.00. The highest BCUT2D eigenvalue weighted by molar-refractivity contribution is 5.79. The molecule has 0 radical (unpaired) electrons. The first-order valence-electron chi connectivity index (χ1n) is 7.21. The van der Waals surface area contributed by atoms with E-state index in [4.69, 9.17) is 10.5 Å². The summed E-state index contributed by atoms with van der Waals surface area (Å²) in [6.07, 6.45) is 1.08. The molecule has 0 rings (SSSR count). The zero-order valence-corrected chi connectivity index (χ0v) is 13.8. The molecule has 2 amide bonds. The van der Waals surface area contributed by atoms with E-state index in [1.54, 1.807) is 13.8 Å². The Labute approximate surface area is 127 Å². The van der Waals surface area contributed by atoms with Crippen LogP contribution in [0.1, 0.15) is 40.5 Å². The molecule has 0 aromatic rings. The van der Waals surface area contributed by atoms with Gasteiger partial charge in [-0.05, 0) is 41.2 Å². The van der Waals surface area contributed by atoms with Gasteiger partial charge in [-0.15, -0.1) is 0 Å². The first-order valence-corrected chi connectivity index (χ1v) is 7.21. The highest BCUT2D eigenvalue weighted by Gasteiger charge is 2.15. The summed E-state index contributed by atoms with van der Waals surface area (Å²) in [6, 6.07) is 0. The summed E-state index contributed by atoms with van der Waals surface area (Å²) >= 11 is 0. The molecule has 0 unspecified atom stereocenters. The van der Waals surface area contributed by atoms with Crippen LogP contribution in [0.5, 0.6) is 0 Å². The highest BCUT2D eigenvalue weighted by Crippen LogP contribution is 2.05. The Bertz CT molecular complexity index is 338. The monoisotopic (exact) mass is 302 g/mol. The standard InChI is InChI=1S/C14H30N4O3/c1-13(2,16-5)7-9-18-11(19)6-8-17-12(20)10-21-14(3,4)15/h16H,6-10,15H2,1-5H3,(H,17,20)(H,18,19). The van der Waals surface area contributed by atoms with Gasteiger partial charge in [-0.2, -0.15) is 0 Å². The molecule has 7 heteroatoms. The van der Waals surface area contributed by atoms with Crippen LogP contribution in [0.4, 0.5) is 0 Å². The van der Waals surface area contributed by atoms with Crippen molar-refractivity contribution >= 4 is 11.8 Å². The lowest BCUT2D eigenvalue weighted by Crippen LogP contribution is -2.41. The van der Waals surface area contributed by atoms with E-state index < -0.39 is 5.72 Å². The maximum atomic E-state index is 11.6. The van der Waals surface area contributed by atoms with E-state index in [0.717, 1.165) is 6.42 Å². The molecule has 124 valence electrons.